The van der Waals surface area contributed by atoms with Crippen LogP contribution in [-0.2, 0) is 4.74 Å². The van der Waals surface area contributed by atoms with Crippen molar-refractivity contribution in [2.45, 2.75) is 51.8 Å². The Morgan fingerprint density at radius 3 is 2.86 bits per heavy atom. The summed E-state index contributed by atoms with van der Waals surface area (Å²) in [6.45, 7) is 9.19. The number of hydrogen-bond donors (Lipinski definition) is 1. The van der Waals surface area contributed by atoms with E-state index in [1.54, 1.807) is 11.1 Å². The lowest BCUT2D eigenvalue weighted by atomic mass is 10.1. The van der Waals surface area contributed by atoms with Crippen molar-refractivity contribution in [2.75, 3.05) is 13.1 Å². The fraction of sp³-hybridized carbons (Fsp3) is 0.625. The highest BCUT2D eigenvalue weighted by atomic mass is 16.6. The molecule has 5 nitrogen and oxygen atoms in total. The van der Waals surface area contributed by atoms with Gasteiger partial charge in [-0.2, -0.15) is 0 Å². The second kappa shape index (κ2) is 6.43. The molecular weight excluding hydrogens is 266 g/mol. The highest BCUT2D eigenvalue weighted by Crippen LogP contribution is 2.18. The minimum absolute atomic E-state index is 0.176. The van der Waals surface area contributed by atoms with Gasteiger partial charge in [0.05, 0.1) is 5.69 Å². The summed E-state index contributed by atoms with van der Waals surface area (Å²) in [7, 11) is 0. The van der Waals surface area contributed by atoms with E-state index in [1.807, 2.05) is 39.0 Å². The van der Waals surface area contributed by atoms with E-state index in [0.29, 0.717) is 6.54 Å². The van der Waals surface area contributed by atoms with Gasteiger partial charge in [-0.15, -0.1) is 0 Å². The number of ether oxygens (including phenoxy) is 1. The van der Waals surface area contributed by atoms with Crippen molar-refractivity contribution < 1.29 is 9.53 Å². The number of carbonyl (C=O) groups is 1. The SMILES string of the molecule is C[C@@H](NC1CCN(C(=O)OC(C)(C)C)C1)c1ccccn1. The summed E-state index contributed by atoms with van der Waals surface area (Å²) in [6.07, 6.45) is 2.52. The van der Waals surface area contributed by atoms with Crippen molar-refractivity contribution in [1.29, 1.82) is 0 Å². The monoisotopic (exact) mass is 291 g/mol. The highest BCUT2D eigenvalue weighted by molar-refractivity contribution is 5.68. The molecule has 2 rings (SSSR count). The Morgan fingerprint density at radius 1 is 1.48 bits per heavy atom. The van der Waals surface area contributed by atoms with Crippen LogP contribution < -0.4 is 5.32 Å². The summed E-state index contributed by atoms with van der Waals surface area (Å²) in [6, 6.07) is 6.38. The van der Waals surface area contributed by atoms with Gasteiger partial charge in [-0.05, 0) is 46.2 Å². The third-order valence-electron chi connectivity index (χ3n) is 3.46. The Balaban J connectivity index is 1.84. The minimum atomic E-state index is -0.441. The van der Waals surface area contributed by atoms with Crippen molar-refractivity contribution in [1.82, 2.24) is 15.2 Å². The first-order valence-corrected chi connectivity index (χ1v) is 7.50. The van der Waals surface area contributed by atoms with Gasteiger partial charge in [-0.25, -0.2) is 4.79 Å². The predicted molar refractivity (Wildman–Crippen MR) is 82.0 cm³/mol. The Labute approximate surface area is 126 Å². The van der Waals surface area contributed by atoms with E-state index in [1.165, 1.54) is 0 Å². The van der Waals surface area contributed by atoms with Crippen LogP contribution in [0, 0.1) is 0 Å². The molecule has 5 heteroatoms. The number of pyridine rings is 1. The molecule has 1 aliphatic heterocycles. The van der Waals surface area contributed by atoms with E-state index in [2.05, 4.69) is 17.2 Å². The molecule has 1 aromatic rings. The Hall–Kier alpha value is -1.62. The number of aromatic nitrogens is 1. The van der Waals surface area contributed by atoms with E-state index in [-0.39, 0.29) is 18.2 Å². The molecule has 0 saturated carbocycles. The zero-order chi connectivity index (χ0) is 15.5. The molecule has 1 aromatic heterocycles. The second-order valence-electron chi connectivity index (χ2n) is 6.55. The fourth-order valence-electron chi connectivity index (χ4n) is 2.46. The summed E-state index contributed by atoms with van der Waals surface area (Å²) in [5.74, 6) is 0. The van der Waals surface area contributed by atoms with E-state index < -0.39 is 5.60 Å². The molecule has 116 valence electrons. The highest BCUT2D eigenvalue weighted by Gasteiger charge is 2.30. The molecule has 0 aromatic carbocycles. The van der Waals surface area contributed by atoms with Crippen LogP contribution in [0.3, 0.4) is 0 Å². The second-order valence-corrected chi connectivity index (χ2v) is 6.55. The molecule has 2 heterocycles. The average Bonchev–Trinajstić information content (AvgIpc) is 2.86. The summed E-state index contributed by atoms with van der Waals surface area (Å²) >= 11 is 0. The van der Waals surface area contributed by atoms with Crippen LogP contribution in [0.15, 0.2) is 24.4 Å². The van der Waals surface area contributed by atoms with Crippen LogP contribution in [0.1, 0.15) is 45.9 Å². The molecule has 1 amide bonds. The van der Waals surface area contributed by atoms with E-state index in [9.17, 15) is 4.79 Å². The molecule has 1 unspecified atom stereocenters. The van der Waals surface area contributed by atoms with Crippen molar-refractivity contribution in [3.63, 3.8) is 0 Å². The van der Waals surface area contributed by atoms with Crippen LogP contribution in [0.5, 0.6) is 0 Å². The number of likely N-dealkylation sites (tertiary alicyclic amines) is 1. The van der Waals surface area contributed by atoms with Gasteiger partial charge in [-0.1, -0.05) is 6.07 Å². The number of amides is 1. The maximum atomic E-state index is 12.0. The summed E-state index contributed by atoms with van der Waals surface area (Å²) in [5.41, 5.74) is 0.581. The fourth-order valence-corrected chi connectivity index (χ4v) is 2.46. The van der Waals surface area contributed by atoms with Crippen LogP contribution >= 0.6 is 0 Å². The van der Waals surface area contributed by atoms with E-state index in [0.717, 1.165) is 18.7 Å². The average molecular weight is 291 g/mol. The van der Waals surface area contributed by atoms with Crippen LogP contribution in [0.2, 0.25) is 0 Å². The number of hydrogen-bond acceptors (Lipinski definition) is 4. The molecular formula is C16H25N3O2. The van der Waals surface area contributed by atoms with Gasteiger partial charge in [0.15, 0.2) is 0 Å². The zero-order valence-corrected chi connectivity index (χ0v) is 13.3. The number of nitrogens with one attached hydrogen (secondary N) is 1. The molecule has 0 spiro atoms. The van der Waals surface area contributed by atoms with Gasteiger partial charge in [0.25, 0.3) is 0 Å². The standard InChI is InChI=1S/C16H25N3O2/c1-12(14-7-5-6-9-17-14)18-13-8-10-19(11-13)15(20)21-16(2,3)4/h5-7,9,12-13,18H,8,10-11H2,1-4H3/t12-,13?/m1/s1. The lowest BCUT2D eigenvalue weighted by molar-refractivity contribution is 0.0290. The first-order chi connectivity index (χ1) is 9.85. The molecule has 0 radical (unpaired) electrons. The van der Waals surface area contributed by atoms with Crippen LogP contribution in [0.4, 0.5) is 4.79 Å². The van der Waals surface area contributed by atoms with Crippen molar-refractivity contribution in [3.05, 3.63) is 30.1 Å². The molecule has 21 heavy (non-hydrogen) atoms. The van der Waals surface area contributed by atoms with Gasteiger partial charge in [-0.3, -0.25) is 4.98 Å². The Kier molecular flexibility index (Phi) is 4.83. The maximum absolute atomic E-state index is 12.0. The molecule has 1 fully saturated rings. The Morgan fingerprint density at radius 2 is 2.24 bits per heavy atom. The quantitative estimate of drug-likeness (QED) is 0.930. The number of nitrogens with zero attached hydrogens (tertiary/aromatic N) is 2. The van der Waals surface area contributed by atoms with Gasteiger partial charge in [0.2, 0.25) is 0 Å². The molecule has 0 aliphatic carbocycles. The normalized spacial score (nSPS) is 20.4. The van der Waals surface area contributed by atoms with Crippen molar-refractivity contribution in [2.24, 2.45) is 0 Å². The lowest BCUT2D eigenvalue weighted by Crippen LogP contribution is -2.39. The number of carbonyl (C=O) groups excluding carboxylic acids is 1. The van der Waals surface area contributed by atoms with E-state index in [4.69, 9.17) is 4.74 Å². The van der Waals surface area contributed by atoms with E-state index >= 15 is 0 Å². The van der Waals surface area contributed by atoms with Gasteiger partial charge in [0, 0.05) is 31.4 Å². The summed E-state index contributed by atoms with van der Waals surface area (Å²) in [4.78, 5) is 18.2. The third-order valence-corrected chi connectivity index (χ3v) is 3.46. The number of rotatable bonds is 3. The van der Waals surface area contributed by atoms with Gasteiger partial charge in [0.1, 0.15) is 5.60 Å². The predicted octanol–water partition coefficient (Wildman–Crippen LogP) is 2.74. The minimum Gasteiger partial charge on any atom is -0.444 e. The molecule has 2 atom stereocenters. The largest absolute Gasteiger partial charge is 0.444 e. The summed E-state index contributed by atoms with van der Waals surface area (Å²) < 4.78 is 5.41. The lowest BCUT2D eigenvalue weighted by Gasteiger charge is -2.25. The molecule has 1 N–H and O–H groups in total. The summed E-state index contributed by atoms with van der Waals surface area (Å²) in [5, 5.41) is 3.53. The first kappa shape index (κ1) is 15.8. The van der Waals surface area contributed by atoms with Gasteiger partial charge < -0.3 is 15.0 Å². The molecule has 1 aliphatic rings. The third kappa shape index (κ3) is 4.70. The topological polar surface area (TPSA) is 54.5 Å². The smallest absolute Gasteiger partial charge is 0.410 e. The van der Waals surface area contributed by atoms with Crippen molar-refractivity contribution >= 4 is 6.09 Å². The zero-order valence-electron chi connectivity index (χ0n) is 13.3. The van der Waals surface area contributed by atoms with Gasteiger partial charge >= 0.3 is 6.09 Å². The molecule has 0 bridgehead atoms. The van der Waals surface area contributed by atoms with Crippen LogP contribution in [0.25, 0.3) is 0 Å². The first-order valence-electron chi connectivity index (χ1n) is 7.50. The molecule has 1 saturated heterocycles. The maximum Gasteiger partial charge on any atom is 0.410 e. The Bertz CT molecular complexity index is 470. The van der Waals surface area contributed by atoms with Crippen molar-refractivity contribution in [3.8, 4) is 0 Å². The van der Waals surface area contributed by atoms with Crippen LogP contribution in [-0.4, -0.2) is 40.7 Å².